The lowest BCUT2D eigenvalue weighted by Gasteiger charge is -2.25. The van der Waals surface area contributed by atoms with Crippen molar-refractivity contribution >= 4 is 23.0 Å². The van der Waals surface area contributed by atoms with Gasteiger partial charge in [0, 0.05) is 6.54 Å². The number of hydrogen-bond acceptors (Lipinski definition) is 6. The molecule has 0 fully saturated rings. The predicted octanol–water partition coefficient (Wildman–Crippen LogP) is 3.34. The van der Waals surface area contributed by atoms with Crippen molar-refractivity contribution in [1.82, 2.24) is 4.90 Å². The number of aliphatic hydroxyl groups is 1. The zero-order valence-corrected chi connectivity index (χ0v) is 14.8. The van der Waals surface area contributed by atoms with Crippen molar-refractivity contribution in [2.75, 3.05) is 13.2 Å². The quantitative estimate of drug-likeness (QED) is 0.765. The smallest absolute Gasteiger partial charge is 0.290 e. The monoisotopic (exact) mass is 361 g/mol. The van der Waals surface area contributed by atoms with Crippen molar-refractivity contribution in [3.63, 3.8) is 0 Å². The van der Waals surface area contributed by atoms with E-state index < -0.39 is 17.7 Å². The van der Waals surface area contributed by atoms with E-state index in [2.05, 4.69) is 0 Å². The molecule has 0 radical (unpaired) electrons. The van der Waals surface area contributed by atoms with Crippen LogP contribution in [0.15, 0.2) is 51.7 Å². The maximum atomic E-state index is 12.8. The number of ether oxygens (including phenoxy) is 1. The number of carbonyl (C=O) groups is 2. The third-order valence-corrected chi connectivity index (χ3v) is 4.76. The van der Waals surface area contributed by atoms with E-state index in [4.69, 9.17) is 9.15 Å². The SMILES string of the molecule is CC(C)OCCN1C(=O)C(O)=C(C(=O)c2cccs2)C1c1ccco1. The second-order valence-electron chi connectivity index (χ2n) is 5.90. The summed E-state index contributed by atoms with van der Waals surface area (Å²) in [5.74, 6) is -1.05. The van der Waals surface area contributed by atoms with E-state index in [1.165, 1.54) is 22.5 Å². The first-order valence-corrected chi connectivity index (χ1v) is 8.86. The van der Waals surface area contributed by atoms with Crippen molar-refractivity contribution in [2.24, 2.45) is 0 Å². The Kier molecular flexibility index (Phi) is 5.06. The zero-order chi connectivity index (χ0) is 18.0. The van der Waals surface area contributed by atoms with Crippen LogP contribution >= 0.6 is 11.3 Å². The Morgan fingerprint density at radius 1 is 1.40 bits per heavy atom. The maximum absolute atomic E-state index is 12.8. The lowest BCUT2D eigenvalue weighted by molar-refractivity contribution is -0.130. The highest BCUT2D eigenvalue weighted by molar-refractivity contribution is 7.12. The topological polar surface area (TPSA) is 80.0 Å². The molecule has 2 aromatic rings. The standard InChI is InChI=1S/C18H19NO5S/c1-11(2)23-9-7-19-15(12-5-3-8-24-12)14(17(21)18(19)22)16(20)13-6-4-10-25-13/h3-6,8,10-11,15,21H,7,9H2,1-2H3. The summed E-state index contributed by atoms with van der Waals surface area (Å²) in [4.78, 5) is 27.3. The molecular formula is C18H19NO5S. The Bertz CT molecular complexity index is 777. The van der Waals surface area contributed by atoms with Gasteiger partial charge < -0.3 is 19.2 Å². The van der Waals surface area contributed by atoms with Gasteiger partial charge in [0.1, 0.15) is 11.8 Å². The van der Waals surface area contributed by atoms with Gasteiger partial charge in [-0.25, -0.2) is 0 Å². The Morgan fingerprint density at radius 3 is 2.80 bits per heavy atom. The van der Waals surface area contributed by atoms with Gasteiger partial charge in [-0.15, -0.1) is 11.3 Å². The minimum absolute atomic E-state index is 0.0218. The molecule has 1 aliphatic rings. The van der Waals surface area contributed by atoms with Crippen LogP contribution in [0.1, 0.15) is 35.3 Å². The highest BCUT2D eigenvalue weighted by Crippen LogP contribution is 2.39. The molecule has 1 N–H and O–H groups in total. The molecular weight excluding hydrogens is 342 g/mol. The highest BCUT2D eigenvalue weighted by Gasteiger charge is 2.45. The maximum Gasteiger partial charge on any atom is 0.290 e. The van der Waals surface area contributed by atoms with Gasteiger partial charge in [0.15, 0.2) is 5.76 Å². The molecule has 6 nitrogen and oxygen atoms in total. The lowest BCUT2D eigenvalue weighted by atomic mass is 10.0. The summed E-state index contributed by atoms with van der Waals surface area (Å²) in [6.07, 6.45) is 1.50. The predicted molar refractivity (Wildman–Crippen MR) is 92.6 cm³/mol. The number of carbonyl (C=O) groups excluding carboxylic acids is 2. The number of aliphatic hydroxyl groups excluding tert-OH is 1. The van der Waals surface area contributed by atoms with Gasteiger partial charge in [-0.05, 0) is 37.4 Å². The van der Waals surface area contributed by atoms with E-state index in [-0.39, 0.29) is 24.0 Å². The first-order valence-electron chi connectivity index (χ1n) is 7.98. The number of ketones is 1. The van der Waals surface area contributed by atoms with Crippen LogP contribution in [0.5, 0.6) is 0 Å². The zero-order valence-electron chi connectivity index (χ0n) is 14.0. The summed E-state index contributed by atoms with van der Waals surface area (Å²) < 4.78 is 11.0. The molecule has 0 bridgehead atoms. The van der Waals surface area contributed by atoms with Crippen LogP contribution in [-0.4, -0.2) is 41.0 Å². The second-order valence-corrected chi connectivity index (χ2v) is 6.85. The minimum Gasteiger partial charge on any atom is -0.503 e. The molecule has 0 saturated heterocycles. The van der Waals surface area contributed by atoms with E-state index >= 15 is 0 Å². The molecule has 1 unspecified atom stereocenters. The van der Waals surface area contributed by atoms with Gasteiger partial charge in [0.05, 0.1) is 29.4 Å². The van der Waals surface area contributed by atoms with Crippen molar-refractivity contribution in [3.05, 3.63) is 57.9 Å². The van der Waals surface area contributed by atoms with Crippen molar-refractivity contribution in [3.8, 4) is 0 Å². The number of furan rings is 1. The Labute approximate surface area is 149 Å². The summed E-state index contributed by atoms with van der Waals surface area (Å²) in [5.41, 5.74) is 0.0481. The lowest BCUT2D eigenvalue weighted by Crippen LogP contribution is -2.34. The number of Topliss-reactive ketones (excluding diaryl/α,β-unsaturated/α-hetero) is 1. The van der Waals surface area contributed by atoms with Crippen LogP contribution in [-0.2, 0) is 9.53 Å². The first kappa shape index (κ1) is 17.4. The molecule has 0 spiro atoms. The van der Waals surface area contributed by atoms with E-state index in [9.17, 15) is 14.7 Å². The van der Waals surface area contributed by atoms with Gasteiger partial charge in [-0.3, -0.25) is 9.59 Å². The van der Waals surface area contributed by atoms with E-state index in [1.54, 1.807) is 29.6 Å². The Balaban J connectivity index is 1.94. The molecule has 0 aromatic carbocycles. The molecule has 0 saturated carbocycles. The highest BCUT2D eigenvalue weighted by atomic mass is 32.1. The fourth-order valence-corrected chi connectivity index (χ4v) is 3.46. The fourth-order valence-electron chi connectivity index (χ4n) is 2.79. The number of hydrogen-bond donors (Lipinski definition) is 1. The van der Waals surface area contributed by atoms with Crippen LogP contribution < -0.4 is 0 Å². The fraction of sp³-hybridized carbons (Fsp3) is 0.333. The van der Waals surface area contributed by atoms with Gasteiger partial charge >= 0.3 is 0 Å². The molecule has 1 amide bonds. The average Bonchev–Trinajstić information content (AvgIpc) is 3.31. The normalized spacial score (nSPS) is 17.8. The van der Waals surface area contributed by atoms with E-state index in [0.29, 0.717) is 17.2 Å². The van der Waals surface area contributed by atoms with Gasteiger partial charge in [-0.1, -0.05) is 6.07 Å². The summed E-state index contributed by atoms with van der Waals surface area (Å²) in [6.45, 7) is 4.34. The number of amides is 1. The summed E-state index contributed by atoms with van der Waals surface area (Å²) in [6, 6.07) is 6.04. The molecule has 0 aliphatic carbocycles. The molecule has 25 heavy (non-hydrogen) atoms. The van der Waals surface area contributed by atoms with Crippen LogP contribution in [0.2, 0.25) is 0 Å². The van der Waals surface area contributed by atoms with E-state index in [1.807, 2.05) is 13.8 Å². The molecule has 3 heterocycles. The molecule has 7 heteroatoms. The molecule has 1 atom stereocenters. The van der Waals surface area contributed by atoms with Gasteiger partial charge in [-0.2, -0.15) is 0 Å². The average molecular weight is 361 g/mol. The second kappa shape index (κ2) is 7.25. The first-order chi connectivity index (χ1) is 12.0. The van der Waals surface area contributed by atoms with Gasteiger partial charge in [0.25, 0.3) is 5.91 Å². The largest absolute Gasteiger partial charge is 0.503 e. The Hall–Kier alpha value is -2.38. The van der Waals surface area contributed by atoms with Crippen LogP contribution in [0.3, 0.4) is 0 Å². The van der Waals surface area contributed by atoms with Crippen LogP contribution in [0.4, 0.5) is 0 Å². The van der Waals surface area contributed by atoms with Crippen molar-refractivity contribution in [2.45, 2.75) is 26.0 Å². The number of nitrogens with zero attached hydrogens (tertiary/aromatic N) is 1. The van der Waals surface area contributed by atoms with Gasteiger partial charge in [0.2, 0.25) is 5.78 Å². The summed E-state index contributed by atoms with van der Waals surface area (Å²) in [7, 11) is 0. The number of rotatable bonds is 7. The number of thiophene rings is 1. The molecule has 132 valence electrons. The molecule has 2 aromatic heterocycles. The summed E-state index contributed by atoms with van der Waals surface area (Å²) in [5, 5.41) is 12.1. The third kappa shape index (κ3) is 3.38. The summed E-state index contributed by atoms with van der Waals surface area (Å²) >= 11 is 1.26. The van der Waals surface area contributed by atoms with E-state index in [0.717, 1.165) is 0 Å². The minimum atomic E-state index is -0.757. The third-order valence-electron chi connectivity index (χ3n) is 3.89. The van der Waals surface area contributed by atoms with Crippen molar-refractivity contribution < 1.29 is 23.8 Å². The molecule has 1 aliphatic heterocycles. The van der Waals surface area contributed by atoms with Crippen LogP contribution in [0.25, 0.3) is 0 Å². The van der Waals surface area contributed by atoms with Crippen LogP contribution in [0, 0.1) is 0 Å². The molecule has 3 rings (SSSR count). The van der Waals surface area contributed by atoms with Crippen molar-refractivity contribution in [1.29, 1.82) is 0 Å². The Morgan fingerprint density at radius 2 is 2.20 bits per heavy atom.